The Kier molecular flexibility index (Phi) is 3.99. The minimum Gasteiger partial charge on any atom is -0.497 e. The number of oxazole rings is 1. The Labute approximate surface area is 118 Å². The van der Waals surface area contributed by atoms with Gasteiger partial charge in [0.05, 0.1) is 7.11 Å². The van der Waals surface area contributed by atoms with Crippen LogP contribution in [-0.2, 0) is 6.54 Å². The standard InChI is InChI=1S/C15H19N3O2/c1-19-13-4-2-3-12(9-13)15-14(17-11-20-15)10-18-7-5-16-6-8-18/h2-4,9,11,16H,5-8,10H2,1H3. The molecule has 0 radical (unpaired) electrons. The molecule has 0 aliphatic carbocycles. The van der Waals surface area contributed by atoms with Crippen LogP contribution in [0.2, 0.25) is 0 Å². The number of nitrogens with zero attached hydrogens (tertiary/aromatic N) is 2. The predicted molar refractivity (Wildman–Crippen MR) is 76.6 cm³/mol. The number of rotatable bonds is 4. The van der Waals surface area contributed by atoms with E-state index < -0.39 is 0 Å². The van der Waals surface area contributed by atoms with Gasteiger partial charge in [0.1, 0.15) is 11.4 Å². The Morgan fingerprint density at radius 2 is 2.20 bits per heavy atom. The molecule has 2 aromatic rings. The number of methoxy groups -OCH3 is 1. The molecule has 3 rings (SSSR count). The minimum absolute atomic E-state index is 0.824. The van der Waals surface area contributed by atoms with Crippen LogP contribution in [0.1, 0.15) is 5.69 Å². The van der Waals surface area contributed by atoms with Crippen LogP contribution >= 0.6 is 0 Å². The van der Waals surface area contributed by atoms with E-state index in [1.807, 2.05) is 24.3 Å². The molecule has 0 spiro atoms. The zero-order valence-electron chi connectivity index (χ0n) is 11.6. The molecule has 1 aromatic heterocycles. The van der Waals surface area contributed by atoms with Gasteiger partial charge in [-0.25, -0.2) is 4.98 Å². The topological polar surface area (TPSA) is 50.5 Å². The van der Waals surface area contributed by atoms with Crippen molar-refractivity contribution in [2.45, 2.75) is 6.54 Å². The lowest BCUT2D eigenvalue weighted by molar-refractivity contribution is 0.231. The molecule has 0 unspecified atom stereocenters. The molecule has 1 aromatic carbocycles. The molecular weight excluding hydrogens is 254 g/mol. The van der Waals surface area contributed by atoms with Gasteiger partial charge in [-0.15, -0.1) is 0 Å². The SMILES string of the molecule is COc1cccc(-c2ocnc2CN2CCNCC2)c1. The maximum atomic E-state index is 5.58. The number of hydrogen-bond donors (Lipinski definition) is 1. The van der Waals surface area contributed by atoms with Crippen molar-refractivity contribution in [3.8, 4) is 17.1 Å². The summed E-state index contributed by atoms with van der Waals surface area (Å²) >= 11 is 0. The molecule has 0 amide bonds. The third-order valence-electron chi connectivity index (χ3n) is 3.56. The zero-order chi connectivity index (χ0) is 13.8. The molecule has 0 atom stereocenters. The van der Waals surface area contributed by atoms with Crippen molar-refractivity contribution in [3.05, 3.63) is 36.4 Å². The van der Waals surface area contributed by atoms with Crippen molar-refractivity contribution < 1.29 is 9.15 Å². The number of piperazine rings is 1. The number of aromatic nitrogens is 1. The van der Waals surface area contributed by atoms with Crippen LogP contribution < -0.4 is 10.1 Å². The molecule has 0 saturated carbocycles. The van der Waals surface area contributed by atoms with Gasteiger partial charge in [0.25, 0.3) is 0 Å². The van der Waals surface area contributed by atoms with Crippen LogP contribution in [0.3, 0.4) is 0 Å². The van der Waals surface area contributed by atoms with Gasteiger partial charge in [0.15, 0.2) is 12.2 Å². The van der Waals surface area contributed by atoms with Crippen LogP contribution in [0.4, 0.5) is 0 Å². The molecule has 1 aliphatic rings. The van der Waals surface area contributed by atoms with E-state index in [1.165, 1.54) is 6.39 Å². The highest BCUT2D eigenvalue weighted by Gasteiger charge is 2.16. The Morgan fingerprint density at radius 3 is 3.00 bits per heavy atom. The Balaban J connectivity index is 1.81. The lowest BCUT2D eigenvalue weighted by atomic mass is 10.1. The second-order valence-corrected chi connectivity index (χ2v) is 4.89. The Bertz CT molecular complexity index is 562. The highest BCUT2D eigenvalue weighted by atomic mass is 16.5. The molecule has 0 bridgehead atoms. The first kappa shape index (κ1) is 13.1. The summed E-state index contributed by atoms with van der Waals surface area (Å²) in [4.78, 5) is 6.76. The molecule has 1 saturated heterocycles. The van der Waals surface area contributed by atoms with E-state index in [0.29, 0.717) is 0 Å². The molecule has 20 heavy (non-hydrogen) atoms. The highest BCUT2D eigenvalue weighted by molar-refractivity contribution is 5.61. The van der Waals surface area contributed by atoms with E-state index in [0.717, 1.165) is 55.5 Å². The van der Waals surface area contributed by atoms with Gasteiger partial charge in [-0.2, -0.15) is 0 Å². The van der Waals surface area contributed by atoms with Gasteiger partial charge in [0.2, 0.25) is 0 Å². The Hall–Kier alpha value is -1.85. The van der Waals surface area contributed by atoms with Crippen molar-refractivity contribution in [1.29, 1.82) is 0 Å². The molecule has 2 heterocycles. The molecule has 1 N–H and O–H groups in total. The molecule has 1 aliphatic heterocycles. The summed E-state index contributed by atoms with van der Waals surface area (Å²) in [6.07, 6.45) is 1.52. The van der Waals surface area contributed by atoms with E-state index in [1.54, 1.807) is 7.11 Å². The number of benzene rings is 1. The van der Waals surface area contributed by atoms with Gasteiger partial charge >= 0.3 is 0 Å². The fourth-order valence-corrected chi connectivity index (χ4v) is 2.46. The van der Waals surface area contributed by atoms with Crippen molar-refractivity contribution >= 4 is 0 Å². The molecular formula is C15H19N3O2. The normalized spacial score (nSPS) is 16.2. The van der Waals surface area contributed by atoms with E-state index in [-0.39, 0.29) is 0 Å². The van der Waals surface area contributed by atoms with Crippen LogP contribution in [0.15, 0.2) is 35.1 Å². The highest BCUT2D eigenvalue weighted by Crippen LogP contribution is 2.27. The number of ether oxygens (including phenoxy) is 1. The van der Waals surface area contributed by atoms with Crippen LogP contribution in [0.25, 0.3) is 11.3 Å². The molecule has 5 heteroatoms. The number of nitrogens with one attached hydrogen (secondary N) is 1. The van der Waals surface area contributed by atoms with E-state index >= 15 is 0 Å². The average Bonchev–Trinajstić information content (AvgIpc) is 2.96. The van der Waals surface area contributed by atoms with Crippen molar-refractivity contribution in [1.82, 2.24) is 15.2 Å². The first-order chi connectivity index (χ1) is 9.86. The summed E-state index contributed by atoms with van der Waals surface area (Å²) in [5.74, 6) is 1.66. The largest absolute Gasteiger partial charge is 0.497 e. The summed E-state index contributed by atoms with van der Waals surface area (Å²) in [6.45, 7) is 4.98. The van der Waals surface area contributed by atoms with Gasteiger partial charge < -0.3 is 14.5 Å². The smallest absolute Gasteiger partial charge is 0.181 e. The van der Waals surface area contributed by atoms with Crippen LogP contribution in [0, 0.1) is 0 Å². The summed E-state index contributed by atoms with van der Waals surface area (Å²) in [6, 6.07) is 7.88. The lowest BCUT2D eigenvalue weighted by Gasteiger charge is -2.26. The quantitative estimate of drug-likeness (QED) is 0.920. The predicted octanol–water partition coefficient (Wildman–Crippen LogP) is 1.76. The average molecular weight is 273 g/mol. The zero-order valence-corrected chi connectivity index (χ0v) is 11.6. The van der Waals surface area contributed by atoms with Gasteiger partial charge in [0, 0.05) is 38.3 Å². The van der Waals surface area contributed by atoms with Crippen LogP contribution in [-0.4, -0.2) is 43.2 Å². The summed E-state index contributed by atoms with van der Waals surface area (Å²) in [7, 11) is 1.67. The fourth-order valence-electron chi connectivity index (χ4n) is 2.46. The summed E-state index contributed by atoms with van der Waals surface area (Å²) in [5, 5.41) is 3.35. The monoisotopic (exact) mass is 273 g/mol. The van der Waals surface area contributed by atoms with Gasteiger partial charge in [-0.05, 0) is 12.1 Å². The van der Waals surface area contributed by atoms with E-state index in [2.05, 4.69) is 15.2 Å². The Morgan fingerprint density at radius 1 is 1.35 bits per heavy atom. The van der Waals surface area contributed by atoms with Crippen molar-refractivity contribution in [3.63, 3.8) is 0 Å². The van der Waals surface area contributed by atoms with E-state index in [9.17, 15) is 0 Å². The van der Waals surface area contributed by atoms with Crippen LogP contribution in [0.5, 0.6) is 5.75 Å². The third kappa shape index (κ3) is 2.84. The van der Waals surface area contributed by atoms with Gasteiger partial charge in [-0.3, -0.25) is 4.90 Å². The van der Waals surface area contributed by atoms with Gasteiger partial charge in [-0.1, -0.05) is 12.1 Å². The van der Waals surface area contributed by atoms with E-state index in [4.69, 9.17) is 9.15 Å². The maximum Gasteiger partial charge on any atom is 0.181 e. The first-order valence-corrected chi connectivity index (χ1v) is 6.86. The fraction of sp³-hybridized carbons (Fsp3) is 0.400. The third-order valence-corrected chi connectivity index (χ3v) is 3.56. The molecule has 5 nitrogen and oxygen atoms in total. The lowest BCUT2D eigenvalue weighted by Crippen LogP contribution is -2.43. The minimum atomic E-state index is 0.824. The first-order valence-electron chi connectivity index (χ1n) is 6.86. The maximum absolute atomic E-state index is 5.58. The molecule has 106 valence electrons. The number of hydrogen-bond acceptors (Lipinski definition) is 5. The summed E-state index contributed by atoms with van der Waals surface area (Å²) < 4.78 is 10.8. The summed E-state index contributed by atoms with van der Waals surface area (Å²) in [5.41, 5.74) is 1.99. The van der Waals surface area contributed by atoms with Crippen molar-refractivity contribution in [2.24, 2.45) is 0 Å². The second kappa shape index (κ2) is 6.07. The second-order valence-electron chi connectivity index (χ2n) is 4.89. The molecule has 1 fully saturated rings. The van der Waals surface area contributed by atoms with Crippen molar-refractivity contribution in [2.75, 3.05) is 33.3 Å².